The topological polar surface area (TPSA) is 32.3 Å². The van der Waals surface area contributed by atoms with Gasteiger partial charge in [-0.05, 0) is 65.1 Å². The summed E-state index contributed by atoms with van der Waals surface area (Å²) >= 11 is 7.00. The third-order valence-corrected chi connectivity index (χ3v) is 5.49. The summed E-state index contributed by atoms with van der Waals surface area (Å²) in [7, 11) is 0. The van der Waals surface area contributed by atoms with Crippen molar-refractivity contribution in [1.82, 2.24) is 4.90 Å². The van der Waals surface area contributed by atoms with Crippen LogP contribution < -0.4 is 5.32 Å². The van der Waals surface area contributed by atoms with Gasteiger partial charge in [-0.1, -0.05) is 40.2 Å². The summed E-state index contributed by atoms with van der Waals surface area (Å²) in [4.78, 5) is 15.0. The Morgan fingerprint density at radius 3 is 2.79 bits per heavy atom. The van der Waals surface area contributed by atoms with Gasteiger partial charge in [-0.3, -0.25) is 9.69 Å². The Bertz CT molecular complexity index is 720. The lowest BCUT2D eigenvalue weighted by molar-refractivity contribution is -0.121. The lowest BCUT2D eigenvalue weighted by atomic mass is 9.96. The Morgan fingerprint density at radius 2 is 2.00 bits per heavy atom. The van der Waals surface area contributed by atoms with E-state index in [1.807, 2.05) is 30.3 Å². The largest absolute Gasteiger partial charge is 0.325 e. The fraction of sp³-hybridized carbons (Fsp3) is 0.316. The molecule has 1 amide bonds. The van der Waals surface area contributed by atoms with Crippen molar-refractivity contribution in [1.29, 1.82) is 0 Å². The average molecular weight is 452 g/mol. The van der Waals surface area contributed by atoms with Crippen LogP contribution in [0.25, 0.3) is 0 Å². The monoisotopic (exact) mass is 450 g/mol. The molecule has 24 heavy (non-hydrogen) atoms. The lowest BCUT2D eigenvalue weighted by Crippen LogP contribution is -2.40. The highest BCUT2D eigenvalue weighted by molar-refractivity contribution is 9.10. The van der Waals surface area contributed by atoms with Crippen LogP contribution in [0.15, 0.2) is 57.5 Å². The lowest BCUT2D eigenvalue weighted by Gasteiger charge is -2.32. The maximum absolute atomic E-state index is 12.6. The number of piperidine rings is 1. The number of nitrogens with one attached hydrogen (secondary N) is 1. The van der Waals surface area contributed by atoms with E-state index in [0.717, 1.165) is 47.1 Å². The van der Waals surface area contributed by atoms with E-state index in [1.54, 1.807) is 0 Å². The maximum atomic E-state index is 12.6. The van der Waals surface area contributed by atoms with E-state index in [2.05, 4.69) is 60.3 Å². The highest BCUT2D eigenvalue weighted by Gasteiger charge is 2.26. The van der Waals surface area contributed by atoms with Gasteiger partial charge in [-0.15, -0.1) is 0 Å². The van der Waals surface area contributed by atoms with Gasteiger partial charge in [0.25, 0.3) is 0 Å². The van der Waals surface area contributed by atoms with E-state index in [-0.39, 0.29) is 11.8 Å². The number of nitrogens with zero attached hydrogens (tertiary/aromatic N) is 1. The average Bonchev–Trinajstić information content (AvgIpc) is 2.57. The molecule has 2 aromatic rings. The summed E-state index contributed by atoms with van der Waals surface area (Å²) < 4.78 is 2.01. The summed E-state index contributed by atoms with van der Waals surface area (Å²) in [6, 6.07) is 16.1. The van der Waals surface area contributed by atoms with Crippen molar-refractivity contribution in [2.45, 2.75) is 19.4 Å². The second-order valence-corrected chi connectivity index (χ2v) is 7.94. The van der Waals surface area contributed by atoms with Gasteiger partial charge in [0.2, 0.25) is 5.91 Å². The Labute approximate surface area is 159 Å². The number of carbonyl (C=O) groups excluding carboxylic acids is 1. The van der Waals surface area contributed by atoms with E-state index in [4.69, 9.17) is 0 Å². The second-order valence-electron chi connectivity index (χ2n) is 6.17. The second kappa shape index (κ2) is 8.28. The summed E-state index contributed by atoms with van der Waals surface area (Å²) in [6.45, 7) is 2.74. The molecule has 0 bridgehead atoms. The number of anilines is 1. The van der Waals surface area contributed by atoms with Crippen LogP contribution in [-0.2, 0) is 11.3 Å². The number of rotatable bonds is 4. The quantitative estimate of drug-likeness (QED) is 0.704. The number of hydrogen-bond donors (Lipinski definition) is 1. The highest BCUT2D eigenvalue weighted by Crippen LogP contribution is 2.25. The number of carbonyl (C=O) groups is 1. The molecule has 1 atom stereocenters. The zero-order valence-electron chi connectivity index (χ0n) is 13.3. The van der Waals surface area contributed by atoms with Crippen molar-refractivity contribution in [3.63, 3.8) is 0 Å². The van der Waals surface area contributed by atoms with Gasteiger partial charge in [0.05, 0.1) is 11.6 Å². The van der Waals surface area contributed by atoms with Gasteiger partial charge in [0.1, 0.15) is 0 Å². The molecule has 3 rings (SSSR count). The number of para-hydroxylation sites is 1. The Morgan fingerprint density at radius 1 is 1.17 bits per heavy atom. The first-order valence-corrected chi connectivity index (χ1v) is 9.72. The molecule has 1 aliphatic rings. The van der Waals surface area contributed by atoms with Crippen LogP contribution in [0.4, 0.5) is 5.69 Å². The van der Waals surface area contributed by atoms with Crippen LogP contribution >= 0.6 is 31.9 Å². The van der Waals surface area contributed by atoms with E-state index in [0.29, 0.717) is 0 Å². The van der Waals surface area contributed by atoms with E-state index < -0.39 is 0 Å². The molecule has 0 aromatic heterocycles. The predicted molar refractivity (Wildman–Crippen MR) is 105 cm³/mol. The van der Waals surface area contributed by atoms with Crippen LogP contribution in [-0.4, -0.2) is 23.9 Å². The van der Waals surface area contributed by atoms with Gasteiger partial charge in [-0.25, -0.2) is 0 Å². The molecule has 0 aliphatic carbocycles. The molecule has 0 spiro atoms. The first-order chi connectivity index (χ1) is 11.6. The molecule has 0 radical (unpaired) electrons. The normalized spacial score (nSPS) is 18.3. The molecule has 1 heterocycles. The van der Waals surface area contributed by atoms with Gasteiger partial charge >= 0.3 is 0 Å². The smallest absolute Gasteiger partial charge is 0.228 e. The standard InChI is InChI=1S/C19H20Br2N2O/c20-16-7-3-5-14(11-16)12-23-10-4-6-15(13-23)19(24)22-18-9-2-1-8-17(18)21/h1-3,5,7-9,11,15H,4,6,10,12-13H2,(H,22,24). The van der Waals surface area contributed by atoms with Crippen molar-refractivity contribution < 1.29 is 4.79 Å². The van der Waals surface area contributed by atoms with Crippen LogP contribution in [0.5, 0.6) is 0 Å². The Balaban J connectivity index is 1.60. The van der Waals surface area contributed by atoms with Crippen molar-refractivity contribution >= 4 is 43.5 Å². The molecule has 1 aliphatic heterocycles. The van der Waals surface area contributed by atoms with Gasteiger partial charge in [0, 0.05) is 22.0 Å². The van der Waals surface area contributed by atoms with Crippen molar-refractivity contribution in [3.05, 3.63) is 63.0 Å². The molecule has 0 saturated carbocycles. The zero-order valence-corrected chi connectivity index (χ0v) is 16.5. The predicted octanol–water partition coefficient (Wildman–Crippen LogP) is 5.06. The zero-order chi connectivity index (χ0) is 16.9. The van der Waals surface area contributed by atoms with Crippen molar-refractivity contribution in [2.24, 2.45) is 5.92 Å². The van der Waals surface area contributed by atoms with Crippen LogP contribution in [0.2, 0.25) is 0 Å². The third kappa shape index (κ3) is 4.68. The highest BCUT2D eigenvalue weighted by atomic mass is 79.9. The number of likely N-dealkylation sites (tertiary alicyclic amines) is 1. The minimum absolute atomic E-state index is 0.0398. The third-order valence-electron chi connectivity index (χ3n) is 4.30. The van der Waals surface area contributed by atoms with Crippen LogP contribution in [0.1, 0.15) is 18.4 Å². The van der Waals surface area contributed by atoms with Gasteiger partial charge < -0.3 is 5.32 Å². The maximum Gasteiger partial charge on any atom is 0.228 e. The van der Waals surface area contributed by atoms with E-state index >= 15 is 0 Å². The minimum Gasteiger partial charge on any atom is -0.325 e. The molecule has 2 aromatic carbocycles. The number of halogens is 2. The molecule has 1 N–H and O–H groups in total. The Hall–Kier alpha value is -1.17. The molecule has 5 heteroatoms. The number of benzene rings is 2. The van der Waals surface area contributed by atoms with Crippen molar-refractivity contribution in [3.8, 4) is 0 Å². The number of amides is 1. The van der Waals surface area contributed by atoms with Crippen LogP contribution in [0.3, 0.4) is 0 Å². The molecular formula is C19H20Br2N2O. The first-order valence-electron chi connectivity index (χ1n) is 8.14. The molecule has 1 fully saturated rings. The van der Waals surface area contributed by atoms with E-state index in [1.165, 1.54) is 5.56 Å². The van der Waals surface area contributed by atoms with Crippen molar-refractivity contribution in [2.75, 3.05) is 18.4 Å². The van der Waals surface area contributed by atoms with Gasteiger partial charge in [0.15, 0.2) is 0 Å². The number of hydrogen-bond acceptors (Lipinski definition) is 2. The van der Waals surface area contributed by atoms with E-state index in [9.17, 15) is 4.79 Å². The van der Waals surface area contributed by atoms with Gasteiger partial charge in [-0.2, -0.15) is 0 Å². The summed E-state index contributed by atoms with van der Waals surface area (Å²) in [5.74, 6) is 0.152. The van der Waals surface area contributed by atoms with Crippen LogP contribution in [0, 0.1) is 5.92 Å². The minimum atomic E-state index is 0.0398. The summed E-state index contributed by atoms with van der Waals surface area (Å²) in [5, 5.41) is 3.05. The molecular weight excluding hydrogens is 432 g/mol. The molecule has 1 saturated heterocycles. The molecule has 126 valence electrons. The fourth-order valence-electron chi connectivity index (χ4n) is 3.10. The first kappa shape index (κ1) is 17.6. The summed E-state index contributed by atoms with van der Waals surface area (Å²) in [6.07, 6.45) is 2.01. The summed E-state index contributed by atoms with van der Waals surface area (Å²) in [5.41, 5.74) is 2.11. The fourth-order valence-corrected chi connectivity index (χ4v) is 3.93. The SMILES string of the molecule is O=C(Nc1ccccc1Br)C1CCCN(Cc2cccc(Br)c2)C1. The molecule has 3 nitrogen and oxygen atoms in total. The molecule has 1 unspecified atom stereocenters. The Kier molecular flexibility index (Phi) is 6.09.